The number of nitrogens with zero attached hydrogens (tertiary/aromatic N) is 8. The van der Waals surface area contributed by atoms with Crippen LogP contribution < -0.4 is 10.9 Å². The smallest absolute Gasteiger partial charge is 0.282 e. The molecular formula is C59H74ClN9O7S. The summed E-state index contributed by atoms with van der Waals surface area (Å²) in [5.41, 5.74) is 8.67. The Balaban J connectivity index is 0.751. The average molecular weight is 1090 g/mol. The van der Waals surface area contributed by atoms with Crippen molar-refractivity contribution in [1.82, 2.24) is 44.6 Å². The standard InChI is InChI=1S/C59H74ClN9O7S/c1-36-52(77-35-61-36)41-17-15-40(16-18-41)47(34-76-28-27-75-26-25-74-7)62-54(71)50-30-43(70)32-67(50)56(73)53(58(2,3)4)68-33-46(64-65-68)39-13-11-37(12-14-39)31-66-23-21-38(22-24-66)42-19-20-44-49(29-42)69-48-10-8-9-45(60)51(48)55(72)63-57(69)59(44,5)6/h8-10,15-20,29,33,35,37-39,43,47,50,53,70H,11-14,21-28,30-32,34H2,1-7H3,(H,62,71)/t37?,39?,43-,47+,50+,53-/m1/s1. The predicted octanol–water partition coefficient (Wildman–Crippen LogP) is 8.94. The SMILES string of the molecule is COCCOCCOC[C@H](NC(=O)[C@@H]1C[C@@H](O)CN1C(=O)[C@@H](n1cc(C2CCC(CN3CCC(c4ccc5c(c4)-n4c(nc(=O)c6c(Cl)cccc64)C5(C)C)CC3)CC2)nn1)C(C)(C)C)c1ccc(-c2scnc2C)cc1. The minimum Gasteiger partial charge on any atom is -0.391 e. The highest BCUT2D eigenvalue weighted by Gasteiger charge is 2.46. The third-order valence-corrected chi connectivity index (χ3v) is 17.9. The zero-order valence-corrected chi connectivity index (χ0v) is 47.1. The number of methoxy groups -OCH3 is 1. The van der Waals surface area contributed by atoms with E-state index < -0.39 is 35.1 Å². The fourth-order valence-electron chi connectivity index (χ4n) is 12.4. The van der Waals surface area contributed by atoms with Gasteiger partial charge in [0.05, 0.1) is 94.0 Å². The number of carbonyl (C=O) groups excluding carboxylic acids is 2. The molecule has 2 saturated heterocycles. The largest absolute Gasteiger partial charge is 0.391 e. The number of β-amino-alcohol motifs (C(OH)–C–C–N with tert-alkyl or cyclic N) is 1. The molecule has 0 radical (unpaired) electrons. The van der Waals surface area contributed by atoms with Crippen LogP contribution in [0.5, 0.6) is 0 Å². The lowest BCUT2D eigenvalue weighted by Crippen LogP contribution is -2.51. The number of aromatic nitrogens is 6. The number of hydrogen-bond donors (Lipinski definition) is 2. The van der Waals surface area contributed by atoms with Crippen LogP contribution in [0.15, 0.2) is 77.2 Å². The van der Waals surface area contributed by atoms with Crippen molar-refractivity contribution in [2.45, 2.75) is 128 Å². The summed E-state index contributed by atoms with van der Waals surface area (Å²) < 4.78 is 20.6. The van der Waals surface area contributed by atoms with Gasteiger partial charge < -0.3 is 34.4 Å². The zero-order chi connectivity index (χ0) is 54.2. The summed E-state index contributed by atoms with van der Waals surface area (Å²) >= 11 is 8.14. The highest BCUT2D eigenvalue weighted by atomic mass is 35.5. The van der Waals surface area contributed by atoms with Crippen molar-refractivity contribution in [2.75, 3.05) is 66.3 Å². The number of fused-ring (bicyclic) bond motifs is 5. The topological polar surface area (TPSA) is 179 Å². The number of nitrogens with one attached hydrogen (secondary N) is 1. The molecule has 4 aliphatic rings. The lowest BCUT2D eigenvalue weighted by Gasteiger charge is -2.36. The molecule has 0 spiro atoms. The molecule has 16 nitrogen and oxygen atoms in total. The zero-order valence-electron chi connectivity index (χ0n) is 45.5. The molecule has 77 heavy (non-hydrogen) atoms. The number of hydrogen-bond acceptors (Lipinski definition) is 13. The fraction of sp³-hybridized carbons (Fsp3) is 0.542. The number of aliphatic hydroxyl groups excluding tert-OH is 1. The number of aryl methyl sites for hydroxylation is 1. The van der Waals surface area contributed by atoms with Crippen molar-refractivity contribution >= 4 is 45.7 Å². The second kappa shape index (κ2) is 23.1. The van der Waals surface area contributed by atoms with Gasteiger partial charge in [-0.25, -0.2) is 9.67 Å². The summed E-state index contributed by atoms with van der Waals surface area (Å²) in [6.07, 6.45) is 7.56. The third kappa shape index (κ3) is 11.6. The van der Waals surface area contributed by atoms with Crippen LogP contribution in [-0.4, -0.2) is 135 Å². The summed E-state index contributed by atoms with van der Waals surface area (Å²) in [4.78, 5) is 56.7. The Morgan fingerprint density at radius 2 is 1.69 bits per heavy atom. The van der Waals surface area contributed by atoms with Crippen LogP contribution in [0.2, 0.25) is 5.02 Å². The molecule has 18 heteroatoms. The molecule has 3 aliphatic heterocycles. The van der Waals surface area contributed by atoms with Crippen molar-refractivity contribution in [2.24, 2.45) is 11.3 Å². The Kier molecular flexibility index (Phi) is 16.5. The molecule has 4 atom stereocenters. The molecule has 2 N–H and O–H groups in total. The number of ether oxygens (including phenoxy) is 3. The van der Waals surface area contributed by atoms with Gasteiger partial charge in [-0.1, -0.05) is 80.1 Å². The number of likely N-dealkylation sites (tertiary alicyclic amines) is 2. The number of rotatable bonds is 18. The molecule has 410 valence electrons. The first-order valence-electron chi connectivity index (χ1n) is 27.4. The summed E-state index contributed by atoms with van der Waals surface area (Å²) in [5, 5.41) is 24.5. The molecule has 1 aliphatic carbocycles. The number of benzene rings is 3. The number of piperidine rings is 1. The average Bonchev–Trinajstić information content (AvgIpc) is 4.30. The normalized spacial score (nSPS) is 21.5. The van der Waals surface area contributed by atoms with Gasteiger partial charge in [0.1, 0.15) is 17.9 Å². The van der Waals surface area contributed by atoms with Gasteiger partial charge in [0.25, 0.3) is 5.56 Å². The van der Waals surface area contributed by atoms with Crippen molar-refractivity contribution in [1.29, 1.82) is 0 Å². The molecule has 1 saturated carbocycles. The number of aliphatic hydroxyl groups is 1. The van der Waals surface area contributed by atoms with Gasteiger partial charge in [0.15, 0.2) is 0 Å². The molecular weight excluding hydrogens is 1010 g/mol. The maximum atomic E-state index is 14.9. The van der Waals surface area contributed by atoms with Crippen LogP contribution >= 0.6 is 22.9 Å². The molecule has 10 rings (SSSR count). The first-order chi connectivity index (χ1) is 37.0. The Morgan fingerprint density at radius 1 is 0.948 bits per heavy atom. The van der Waals surface area contributed by atoms with Crippen LogP contribution in [-0.2, 0) is 29.2 Å². The van der Waals surface area contributed by atoms with Crippen molar-refractivity contribution in [3.63, 3.8) is 0 Å². The minimum atomic E-state index is -0.899. The fourth-order valence-corrected chi connectivity index (χ4v) is 13.5. The van der Waals surface area contributed by atoms with E-state index in [4.69, 9.17) is 30.9 Å². The van der Waals surface area contributed by atoms with Crippen LogP contribution in [0.25, 0.3) is 27.0 Å². The number of halogens is 1. The Hall–Kier alpha value is -5.40. The molecule has 0 bridgehead atoms. The Labute approximate surface area is 460 Å². The Morgan fingerprint density at radius 3 is 2.40 bits per heavy atom. The number of carbonyl (C=O) groups is 2. The third-order valence-electron chi connectivity index (χ3n) is 16.6. The summed E-state index contributed by atoms with van der Waals surface area (Å²) in [6.45, 7) is 17.3. The summed E-state index contributed by atoms with van der Waals surface area (Å²) in [7, 11) is 1.63. The van der Waals surface area contributed by atoms with Crippen molar-refractivity contribution < 1.29 is 28.9 Å². The van der Waals surface area contributed by atoms with Crippen LogP contribution in [0, 0.1) is 18.3 Å². The number of amides is 2. The van der Waals surface area contributed by atoms with Crippen molar-refractivity contribution in [3.8, 4) is 16.1 Å². The summed E-state index contributed by atoms with van der Waals surface area (Å²) in [5.74, 6) is 1.40. The van der Waals surface area contributed by atoms with E-state index in [1.807, 2.05) is 75.8 Å². The summed E-state index contributed by atoms with van der Waals surface area (Å²) in [6, 6.07) is 18.3. The molecule has 2 amide bonds. The first-order valence-corrected chi connectivity index (χ1v) is 28.7. The first kappa shape index (κ1) is 54.9. The molecule has 6 heterocycles. The molecule has 0 unspecified atom stereocenters. The van der Waals surface area contributed by atoms with E-state index in [-0.39, 0.29) is 42.9 Å². The molecule has 3 fully saturated rings. The molecule has 6 aromatic rings. The predicted molar refractivity (Wildman–Crippen MR) is 299 cm³/mol. The van der Waals surface area contributed by atoms with E-state index in [1.165, 1.54) is 16.0 Å². The highest BCUT2D eigenvalue weighted by molar-refractivity contribution is 7.13. The molecule has 3 aromatic heterocycles. The monoisotopic (exact) mass is 1090 g/mol. The van der Waals surface area contributed by atoms with E-state index in [0.29, 0.717) is 48.7 Å². The quantitative estimate of drug-likeness (QED) is 0.0782. The van der Waals surface area contributed by atoms with Crippen LogP contribution in [0.3, 0.4) is 0 Å². The van der Waals surface area contributed by atoms with E-state index in [1.54, 1.807) is 29.2 Å². The lowest BCUT2D eigenvalue weighted by atomic mass is 9.80. The van der Waals surface area contributed by atoms with E-state index in [2.05, 4.69) is 62.0 Å². The maximum Gasteiger partial charge on any atom is 0.282 e. The van der Waals surface area contributed by atoms with E-state index in [0.717, 1.165) is 103 Å². The van der Waals surface area contributed by atoms with Gasteiger partial charge in [-0.3, -0.25) is 19.0 Å². The Bertz CT molecular complexity index is 3120. The highest BCUT2D eigenvalue weighted by Crippen LogP contribution is 2.45. The van der Waals surface area contributed by atoms with Gasteiger partial charge >= 0.3 is 0 Å². The number of thiazole rings is 1. The van der Waals surface area contributed by atoms with Gasteiger partial charge in [0.2, 0.25) is 11.8 Å². The second-order valence-corrected chi connectivity index (χ2v) is 24.6. The van der Waals surface area contributed by atoms with E-state index in [9.17, 15) is 19.5 Å². The van der Waals surface area contributed by atoms with Gasteiger partial charge in [-0.2, -0.15) is 4.98 Å². The maximum absolute atomic E-state index is 14.9. The van der Waals surface area contributed by atoms with Gasteiger partial charge in [-0.15, -0.1) is 16.4 Å². The molecule has 3 aromatic carbocycles. The minimum absolute atomic E-state index is 0.0347. The van der Waals surface area contributed by atoms with E-state index >= 15 is 0 Å². The van der Waals surface area contributed by atoms with Crippen molar-refractivity contribution in [3.05, 3.63) is 122 Å². The van der Waals surface area contributed by atoms with Crippen LogP contribution in [0.1, 0.15) is 137 Å². The van der Waals surface area contributed by atoms with Crippen LogP contribution in [0.4, 0.5) is 0 Å². The lowest BCUT2D eigenvalue weighted by molar-refractivity contribution is -0.144. The van der Waals surface area contributed by atoms with Gasteiger partial charge in [-0.05, 0) is 130 Å². The second-order valence-electron chi connectivity index (χ2n) is 23.3. The van der Waals surface area contributed by atoms with Gasteiger partial charge in [0, 0.05) is 38.7 Å².